The van der Waals surface area contributed by atoms with Crippen molar-refractivity contribution in [1.29, 1.82) is 0 Å². The molecule has 7 aliphatic rings. The molecular formula is C64H105FN2O18. The topological polar surface area (TPSA) is 270 Å². The molecule has 3 saturated heterocycles. The number of hydrogen-bond acceptors (Lipinski definition) is 20. The van der Waals surface area contributed by atoms with Gasteiger partial charge in [-0.2, -0.15) is 0 Å². The summed E-state index contributed by atoms with van der Waals surface area (Å²) < 4.78 is 68.8. The zero-order valence-electron chi connectivity index (χ0n) is 53.7. The first-order valence-electron chi connectivity index (χ1n) is 31.3. The molecule has 0 amide bonds. The average molecular weight is 1210 g/mol. The molecule has 4 aliphatic carbocycles. The number of aliphatic hydroxyl groups is 6. The van der Waals surface area contributed by atoms with Crippen LogP contribution >= 0.6 is 0 Å². The van der Waals surface area contributed by atoms with Gasteiger partial charge in [0.15, 0.2) is 35.7 Å². The number of cyclic esters (lactones) is 1. The molecule has 3 saturated carbocycles. The molecule has 21 heteroatoms. The summed E-state index contributed by atoms with van der Waals surface area (Å²) in [7, 11) is 7.00. The van der Waals surface area contributed by atoms with Gasteiger partial charge in [-0.3, -0.25) is 14.4 Å². The fourth-order valence-electron chi connectivity index (χ4n) is 16.7. The summed E-state index contributed by atoms with van der Waals surface area (Å²) in [5.41, 5.74) is -10.7. The van der Waals surface area contributed by atoms with Gasteiger partial charge in [0.05, 0.1) is 60.3 Å². The van der Waals surface area contributed by atoms with E-state index in [9.17, 15) is 49.8 Å². The summed E-state index contributed by atoms with van der Waals surface area (Å²) in [6, 6.07) is -1.08. The number of carbonyl (C=O) groups is 4. The van der Waals surface area contributed by atoms with Crippen molar-refractivity contribution < 1.29 is 92.1 Å². The lowest BCUT2D eigenvalue weighted by molar-refractivity contribution is -0.319. The molecule has 0 aromatic heterocycles. The zero-order valence-corrected chi connectivity index (χ0v) is 53.7. The van der Waals surface area contributed by atoms with Crippen LogP contribution in [0.4, 0.5) is 4.39 Å². The molecule has 7 rings (SSSR count). The highest BCUT2D eigenvalue weighted by molar-refractivity contribution is 6.01. The van der Waals surface area contributed by atoms with Crippen LogP contribution in [-0.2, 0) is 57.1 Å². The maximum Gasteiger partial charge on any atom is 0.338 e. The van der Waals surface area contributed by atoms with Crippen molar-refractivity contribution in [2.45, 2.75) is 268 Å². The van der Waals surface area contributed by atoms with E-state index in [0.717, 1.165) is 0 Å². The third kappa shape index (κ3) is 12.9. The van der Waals surface area contributed by atoms with Crippen molar-refractivity contribution in [1.82, 2.24) is 9.80 Å². The SMILES string of the molecule is CC[C@H]1OC(=O)[C@H](C)[C@@H](O[C@@H]2C[C@](C)(OC)[C@H](O)C(C)O2)[C@H](C)[C@@H](O[C@@H]2O[C@H](C)C[C@@H](N(C)C)C2OC(=O)CCCCOC(=O)[C@@]2(O)[C@H](C)CC3C4CCC5=CC(=O)C=C[C@]5(C)[C@@]4(F)[C@@H](O)C[C@@]32C)[C@](C)(O)C[C@@H](C)CN(C)[C@H](C)[C@@H](O)[C@]1(C)O. The molecule has 6 fully saturated rings. The molecule has 6 N–H and O–H groups in total. The van der Waals surface area contributed by atoms with Gasteiger partial charge in [0.25, 0.3) is 0 Å². The Morgan fingerprint density at radius 3 is 2.18 bits per heavy atom. The highest BCUT2D eigenvalue weighted by atomic mass is 19.1. The Hall–Kier alpha value is -3.03. The van der Waals surface area contributed by atoms with E-state index in [2.05, 4.69) is 0 Å². The second kappa shape index (κ2) is 26.1. The predicted octanol–water partition coefficient (Wildman–Crippen LogP) is 5.51. The Labute approximate surface area is 503 Å². The van der Waals surface area contributed by atoms with Gasteiger partial charge in [0.2, 0.25) is 0 Å². The molecule has 0 aromatic carbocycles. The third-order valence-corrected chi connectivity index (χ3v) is 22.0. The van der Waals surface area contributed by atoms with Crippen LogP contribution < -0.4 is 0 Å². The Morgan fingerprint density at radius 1 is 0.871 bits per heavy atom. The Morgan fingerprint density at radius 2 is 1.54 bits per heavy atom. The minimum absolute atomic E-state index is 0.0493. The molecule has 486 valence electrons. The quantitative estimate of drug-likeness (QED) is 0.0711. The first kappa shape index (κ1) is 69.4. The summed E-state index contributed by atoms with van der Waals surface area (Å²) in [4.78, 5) is 59.2. The van der Waals surface area contributed by atoms with Crippen LogP contribution in [0.25, 0.3) is 0 Å². The van der Waals surface area contributed by atoms with Crippen LogP contribution in [0.3, 0.4) is 0 Å². The molecule has 0 spiro atoms. The van der Waals surface area contributed by atoms with Crippen molar-refractivity contribution in [2.24, 2.45) is 46.3 Å². The normalized spacial score (nSPS) is 48.4. The minimum atomic E-state index is -2.13. The molecule has 0 aromatic rings. The number of allylic oxidation sites excluding steroid dienone is 4. The number of esters is 3. The zero-order chi connectivity index (χ0) is 63.5. The molecule has 26 atom stereocenters. The van der Waals surface area contributed by atoms with Crippen LogP contribution in [0.15, 0.2) is 23.8 Å². The van der Waals surface area contributed by atoms with Gasteiger partial charge >= 0.3 is 17.9 Å². The lowest BCUT2D eigenvalue weighted by Gasteiger charge is -2.62. The van der Waals surface area contributed by atoms with Crippen molar-refractivity contribution in [3.05, 3.63) is 23.8 Å². The van der Waals surface area contributed by atoms with Crippen molar-refractivity contribution in [2.75, 3.05) is 41.4 Å². The summed E-state index contributed by atoms with van der Waals surface area (Å²) in [6.45, 7) is 22.7. The van der Waals surface area contributed by atoms with Crippen molar-refractivity contribution in [3.8, 4) is 0 Å². The third-order valence-electron chi connectivity index (χ3n) is 22.0. The molecular weight excluding hydrogens is 1100 g/mol. The van der Waals surface area contributed by atoms with Gasteiger partial charge in [-0.15, -0.1) is 0 Å². The number of alkyl halides is 1. The van der Waals surface area contributed by atoms with Crippen LogP contribution in [0, 0.1) is 46.3 Å². The number of ketones is 1. The number of likely N-dealkylation sites (N-methyl/N-ethyl adjacent to an activating group) is 2. The second-order valence-corrected chi connectivity index (χ2v) is 28.4. The number of rotatable bonds is 14. The van der Waals surface area contributed by atoms with Crippen LogP contribution in [0.2, 0.25) is 0 Å². The highest BCUT2D eigenvalue weighted by Gasteiger charge is 2.76. The molecule has 4 unspecified atom stereocenters. The standard InChI is InChI=1S/C64H105FN2O18/c1-18-47-62(13,76)52(71)39(7)67(16)33-34(2)30-60(11,75)54(37(5)50(38(6)55(73)82-47)84-49-32-61(12,78-17)53(72)40(8)81-49)85-56-51(45(66(14)15)28-36(4)80-56)83-48(70)21-19-20-26-79-57(74)64(77)35(3)27-44-43-23-22-41-29-42(68)24-25-58(41,9)63(43,65)46(69)31-59(44,64)10/h24-25,29,34-40,43-47,49-54,56,69,71-72,75-77H,18-23,26-28,30-33H2,1-17H3/t34-,35-,36-,37+,38-,39-,40?,43?,44?,45-,46+,47-,49-,50+,51?,52-,53-,54-,56+,58+,59+,60-,61+,62-,63+,64+/m1/s1. The average Bonchev–Trinajstić information content (AvgIpc) is 1.71. The van der Waals surface area contributed by atoms with Crippen molar-refractivity contribution in [3.63, 3.8) is 0 Å². The number of carbonyl (C=O) groups excluding carboxylic acids is 4. The van der Waals surface area contributed by atoms with Gasteiger partial charge in [-0.1, -0.05) is 46.3 Å². The second-order valence-electron chi connectivity index (χ2n) is 28.4. The Balaban J connectivity index is 1.10. The van der Waals surface area contributed by atoms with E-state index >= 15 is 4.39 Å². The van der Waals surface area contributed by atoms with Gasteiger partial charge < -0.3 is 78.3 Å². The first-order chi connectivity index (χ1) is 39.4. The Bertz CT molecular complexity index is 2440. The summed E-state index contributed by atoms with van der Waals surface area (Å²) >= 11 is 0. The highest BCUT2D eigenvalue weighted by Crippen LogP contribution is 2.71. The molecule has 0 radical (unpaired) electrons. The van der Waals surface area contributed by atoms with E-state index in [1.807, 2.05) is 44.8 Å². The van der Waals surface area contributed by atoms with E-state index in [1.54, 1.807) is 75.3 Å². The van der Waals surface area contributed by atoms with Crippen LogP contribution in [-0.4, -0.2) is 213 Å². The lowest BCUT2D eigenvalue weighted by atomic mass is 9.45. The fraction of sp³-hybridized carbons (Fsp3) is 0.875. The van der Waals surface area contributed by atoms with E-state index in [4.69, 9.17) is 37.9 Å². The summed E-state index contributed by atoms with van der Waals surface area (Å²) in [6.07, 6.45) is -5.63. The van der Waals surface area contributed by atoms with E-state index in [0.29, 0.717) is 37.8 Å². The van der Waals surface area contributed by atoms with Gasteiger partial charge in [-0.05, 0) is 164 Å². The number of aliphatic hydroxyl groups excluding tert-OH is 3. The smallest absolute Gasteiger partial charge is 0.338 e. The number of halogens is 1. The molecule has 0 bridgehead atoms. The number of ether oxygens (including phenoxy) is 8. The maximum absolute atomic E-state index is 17.8. The number of hydrogen-bond donors (Lipinski definition) is 6. The van der Waals surface area contributed by atoms with Crippen LogP contribution in [0.5, 0.6) is 0 Å². The van der Waals surface area contributed by atoms with Gasteiger partial charge in [0.1, 0.15) is 23.9 Å². The minimum Gasteiger partial charge on any atom is -0.464 e. The van der Waals surface area contributed by atoms with Crippen molar-refractivity contribution >= 4 is 23.7 Å². The summed E-state index contributed by atoms with van der Waals surface area (Å²) in [5, 5.41) is 72.3. The van der Waals surface area contributed by atoms with Gasteiger partial charge in [0, 0.05) is 55.2 Å². The lowest BCUT2D eigenvalue weighted by Crippen LogP contribution is -2.69. The monoisotopic (exact) mass is 1210 g/mol. The number of nitrogens with zero attached hydrogens (tertiary/aromatic N) is 2. The van der Waals surface area contributed by atoms with Crippen LogP contribution in [0.1, 0.15) is 161 Å². The predicted molar refractivity (Wildman–Crippen MR) is 311 cm³/mol. The van der Waals surface area contributed by atoms with E-state index in [-0.39, 0.29) is 63.3 Å². The molecule has 3 aliphatic heterocycles. The number of fused-ring (bicyclic) bond motifs is 5. The maximum atomic E-state index is 17.8. The molecule has 85 heavy (non-hydrogen) atoms. The molecule has 20 nitrogen and oxygen atoms in total. The van der Waals surface area contributed by atoms with E-state index in [1.165, 1.54) is 26.2 Å². The van der Waals surface area contributed by atoms with Gasteiger partial charge in [-0.25, -0.2) is 9.18 Å². The Kier molecular flexibility index (Phi) is 21.3. The molecule has 3 heterocycles. The number of methoxy groups -OCH3 is 1. The summed E-state index contributed by atoms with van der Waals surface area (Å²) in [5.74, 6) is -6.55. The largest absolute Gasteiger partial charge is 0.464 e. The fourth-order valence-corrected chi connectivity index (χ4v) is 16.7. The number of unbranched alkanes of at least 4 members (excludes halogenated alkanes) is 1. The van der Waals surface area contributed by atoms with E-state index < -0.39 is 166 Å². The first-order valence-corrected chi connectivity index (χ1v) is 31.3.